The molecule has 0 heterocycles. The number of hydrogen-bond donors (Lipinski definition) is 1. The van der Waals surface area contributed by atoms with Gasteiger partial charge in [-0.05, 0) is 25.9 Å². The molecule has 1 N–H and O–H groups in total. The van der Waals surface area contributed by atoms with E-state index in [0.29, 0.717) is 0 Å². The summed E-state index contributed by atoms with van der Waals surface area (Å²) in [7, 11) is 0. The van der Waals surface area contributed by atoms with E-state index < -0.39 is 0 Å². The normalized spacial score (nSPS) is 11.3. The summed E-state index contributed by atoms with van der Waals surface area (Å²) in [4.78, 5) is 2.41. The second kappa shape index (κ2) is 8.01. The van der Waals surface area contributed by atoms with Gasteiger partial charge in [-0.1, -0.05) is 32.9 Å². The van der Waals surface area contributed by atoms with Crippen LogP contribution < -0.4 is 5.32 Å². The lowest BCUT2D eigenvalue weighted by molar-refractivity contribution is 0.308. The van der Waals surface area contributed by atoms with Crippen LogP contribution in [0.5, 0.6) is 0 Å². The molecular formula is C12H26N2. The number of likely N-dealkylation sites (N-methyl/N-ethyl adjacent to an activating group) is 1. The number of hydrogen-bond acceptors (Lipinski definition) is 2. The Hall–Kier alpha value is -0.340. The lowest BCUT2D eigenvalue weighted by Gasteiger charge is -2.20. The van der Waals surface area contributed by atoms with Crippen molar-refractivity contribution in [2.45, 2.75) is 27.7 Å². The van der Waals surface area contributed by atoms with Crippen LogP contribution in [0, 0.1) is 5.92 Å². The van der Waals surface area contributed by atoms with Crippen molar-refractivity contribution in [1.29, 1.82) is 0 Å². The van der Waals surface area contributed by atoms with Crippen molar-refractivity contribution in [3.63, 3.8) is 0 Å². The molecule has 0 aromatic rings. The van der Waals surface area contributed by atoms with Crippen molar-refractivity contribution < 1.29 is 0 Å². The standard InChI is InChI=1S/C12H26N2/c1-6-14(10-12(4)5)8-7-13-9-11(2)3/h11,13H,4,6-10H2,1-3,5H3. The van der Waals surface area contributed by atoms with E-state index in [9.17, 15) is 0 Å². The highest BCUT2D eigenvalue weighted by Crippen LogP contribution is 1.94. The minimum Gasteiger partial charge on any atom is -0.315 e. The van der Waals surface area contributed by atoms with Crippen LogP contribution in [-0.4, -0.2) is 37.6 Å². The van der Waals surface area contributed by atoms with Gasteiger partial charge in [0.25, 0.3) is 0 Å². The van der Waals surface area contributed by atoms with E-state index in [4.69, 9.17) is 0 Å². The maximum absolute atomic E-state index is 3.94. The summed E-state index contributed by atoms with van der Waals surface area (Å²) in [6.07, 6.45) is 0. The summed E-state index contributed by atoms with van der Waals surface area (Å²) in [5.74, 6) is 0.742. The molecule has 0 bridgehead atoms. The van der Waals surface area contributed by atoms with Crippen molar-refractivity contribution in [1.82, 2.24) is 10.2 Å². The highest BCUT2D eigenvalue weighted by Gasteiger charge is 2.01. The molecule has 0 rings (SSSR count). The third-order valence-corrected chi connectivity index (χ3v) is 2.10. The number of nitrogens with one attached hydrogen (secondary N) is 1. The molecule has 0 saturated heterocycles. The highest BCUT2D eigenvalue weighted by molar-refractivity contribution is 4.91. The van der Waals surface area contributed by atoms with Crippen LogP contribution in [-0.2, 0) is 0 Å². The third kappa shape index (κ3) is 8.27. The lowest BCUT2D eigenvalue weighted by Crippen LogP contribution is -2.34. The zero-order valence-corrected chi connectivity index (χ0v) is 10.3. The van der Waals surface area contributed by atoms with E-state index >= 15 is 0 Å². The highest BCUT2D eigenvalue weighted by atomic mass is 15.1. The molecule has 0 unspecified atom stereocenters. The van der Waals surface area contributed by atoms with Gasteiger partial charge in [-0.2, -0.15) is 0 Å². The van der Waals surface area contributed by atoms with E-state index in [-0.39, 0.29) is 0 Å². The predicted molar refractivity (Wildman–Crippen MR) is 64.6 cm³/mol. The molecule has 0 fully saturated rings. The molecule has 0 aromatic heterocycles. The molecule has 0 aliphatic rings. The number of rotatable bonds is 8. The van der Waals surface area contributed by atoms with Crippen molar-refractivity contribution in [2.75, 3.05) is 32.7 Å². The van der Waals surface area contributed by atoms with Crippen molar-refractivity contribution in [3.8, 4) is 0 Å². The first-order valence-corrected chi connectivity index (χ1v) is 5.63. The third-order valence-electron chi connectivity index (χ3n) is 2.10. The van der Waals surface area contributed by atoms with Crippen LogP contribution in [0.15, 0.2) is 12.2 Å². The molecular weight excluding hydrogens is 172 g/mol. The summed E-state index contributed by atoms with van der Waals surface area (Å²) in [6, 6.07) is 0. The van der Waals surface area contributed by atoms with Gasteiger partial charge in [0.15, 0.2) is 0 Å². The van der Waals surface area contributed by atoms with Gasteiger partial charge in [0.2, 0.25) is 0 Å². The predicted octanol–water partition coefficient (Wildman–Crippen LogP) is 2.13. The maximum Gasteiger partial charge on any atom is 0.0187 e. The van der Waals surface area contributed by atoms with E-state index in [1.54, 1.807) is 0 Å². The first-order valence-electron chi connectivity index (χ1n) is 5.63. The molecule has 0 aliphatic heterocycles. The van der Waals surface area contributed by atoms with Crippen molar-refractivity contribution in [3.05, 3.63) is 12.2 Å². The summed E-state index contributed by atoms with van der Waals surface area (Å²) in [5.41, 5.74) is 1.25. The zero-order chi connectivity index (χ0) is 11.0. The zero-order valence-electron chi connectivity index (χ0n) is 10.3. The SMILES string of the molecule is C=C(C)CN(CC)CCNCC(C)C. The summed E-state index contributed by atoms with van der Waals surface area (Å²) in [5, 5.41) is 3.45. The molecule has 0 amide bonds. The Morgan fingerprint density at radius 2 is 2.07 bits per heavy atom. The lowest BCUT2D eigenvalue weighted by atomic mass is 10.2. The van der Waals surface area contributed by atoms with Gasteiger partial charge in [-0.3, -0.25) is 4.90 Å². The fourth-order valence-corrected chi connectivity index (χ4v) is 1.36. The van der Waals surface area contributed by atoms with Crippen LogP contribution in [0.4, 0.5) is 0 Å². The largest absolute Gasteiger partial charge is 0.315 e. The Kier molecular flexibility index (Phi) is 7.81. The summed E-state index contributed by atoms with van der Waals surface area (Å²) < 4.78 is 0. The van der Waals surface area contributed by atoms with Crippen LogP contribution in [0.1, 0.15) is 27.7 Å². The first-order chi connectivity index (χ1) is 6.56. The van der Waals surface area contributed by atoms with Crippen LogP contribution >= 0.6 is 0 Å². The van der Waals surface area contributed by atoms with Crippen LogP contribution in [0.2, 0.25) is 0 Å². The van der Waals surface area contributed by atoms with Crippen LogP contribution in [0.25, 0.3) is 0 Å². The second-order valence-electron chi connectivity index (χ2n) is 4.42. The van der Waals surface area contributed by atoms with Crippen molar-refractivity contribution in [2.24, 2.45) is 5.92 Å². The average molecular weight is 198 g/mol. The Bertz CT molecular complexity index is 152. The average Bonchev–Trinajstić information content (AvgIpc) is 2.09. The molecule has 0 atom stereocenters. The Labute approximate surface area is 89.4 Å². The molecule has 0 aromatic carbocycles. The first kappa shape index (κ1) is 13.7. The fraction of sp³-hybridized carbons (Fsp3) is 0.833. The molecule has 0 radical (unpaired) electrons. The summed E-state index contributed by atoms with van der Waals surface area (Å²) in [6.45, 7) is 18.1. The fourth-order valence-electron chi connectivity index (χ4n) is 1.36. The van der Waals surface area contributed by atoms with Gasteiger partial charge in [0.05, 0.1) is 0 Å². The second-order valence-corrected chi connectivity index (χ2v) is 4.42. The van der Waals surface area contributed by atoms with E-state index in [2.05, 4.69) is 44.5 Å². The smallest absolute Gasteiger partial charge is 0.0187 e. The van der Waals surface area contributed by atoms with E-state index in [1.165, 1.54) is 5.57 Å². The topological polar surface area (TPSA) is 15.3 Å². The Balaban J connectivity index is 3.47. The van der Waals surface area contributed by atoms with Crippen molar-refractivity contribution >= 4 is 0 Å². The van der Waals surface area contributed by atoms with E-state index in [1.807, 2.05) is 0 Å². The molecule has 14 heavy (non-hydrogen) atoms. The Morgan fingerprint density at radius 3 is 2.50 bits per heavy atom. The molecule has 0 spiro atoms. The molecule has 0 aliphatic carbocycles. The number of nitrogens with zero attached hydrogens (tertiary/aromatic N) is 1. The minimum absolute atomic E-state index is 0.742. The molecule has 2 nitrogen and oxygen atoms in total. The van der Waals surface area contributed by atoms with Gasteiger partial charge in [0, 0.05) is 19.6 Å². The van der Waals surface area contributed by atoms with Crippen LogP contribution in [0.3, 0.4) is 0 Å². The minimum atomic E-state index is 0.742. The van der Waals surface area contributed by atoms with E-state index in [0.717, 1.165) is 38.6 Å². The summed E-state index contributed by atoms with van der Waals surface area (Å²) >= 11 is 0. The molecule has 0 saturated carbocycles. The monoisotopic (exact) mass is 198 g/mol. The van der Waals surface area contributed by atoms with Gasteiger partial charge in [-0.15, -0.1) is 0 Å². The Morgan fingerprint density at radius 1 is 1.43 bits per heavy atom. The van der Waals surface area contributed by atoms with Gasteiger partial charge >= 0.3 is 0 Å². The van der Waals surface area contributed by atoms with Gasteiger partial charge in [-0.25, -0.2) is 0 Å². The molecule has 2 heteroatoms. The maximum atomic E-state index is 3.94. The van der Waals surface area contributed by atoms with Gasteiger partial charge < -0.3 is 5.32 Å². The quantitative estimate of drug-likeness (QED) is 0.475. The van der Waals surface area contributed by atoms with Gasteiger partial charge in [0.1, 0.15) is 0 Å². The molecule has 84 valence electrons.